The van der Waals surface area contributed by atoms with Gasteiger partial charge in [0.05, 0.1) is 17.8 Å². The molecule has 0 bridgehead atoms. The fourth-order valence-corrected chi connectivity index (χ4v) is 4.28. The second-order valence-electron chi connectivity index (χ2n) is 4.99. The Morgan fingerprint density at radius 2 is 1.84 bits per heavy atom. The zero-order valence-corrected chi connectivity index (χ0v) is 14.7. The van der Waals surface area contributed by atoms with E-state index in [2.05, 4.69) is 10.0 Å². The van der Waals surface area contributed by atoms with E-state index in [1.807, 2.05) is 6.92 Å². The van der Waals surface area contributed by atoms with Crippen LogP contribution in [0.3, 0.4) is 0 Å². The second-order valence-corrected chi connectivity index (χ2v) is 8.15. The zero-order valence-electron chi connectivity index (χ0n) is 13.1. The van der Waals surface area contributed by atoms with Gasteiger partial charge >= 0.3 is 6.18 Å². The first-order chi connectivity index (χ1) is 11.6. The van der Waals surface area contributed by atoms with E-state index in [4.69, 9.17) is 0 Å². The molecule has 0 aliphatic heterocycles. The number of benzene rings is 1. The number of carbonyl (C=O) groups excluding carboxylic acids is 1. The SMILES string of the molecule is CCc1ccc(S(=O)(=O)NCC(=O)Nc2ccccc2C(F)(F)F)s1. The molecule has 1 aromatic heterocycles. The molecular weight excluding hydrogens is 377 g/mol. The lowest BCUT2D eigenvalue weighted by atomic mass is 10.1. The van der Waals surface area contributed by atoms with Gasteiger partial charge < -0.3 is 5.32 Å². The number of aryl methyl sites for hydroxylation is 1. The molecule has 0 radical (unpaired) electrons. The number of nitrogens with one attached hydrogen (secondary N) is 2. The summed E-state index contributed by atoms with van der Waals surface area (Å²) in [6.07, 6.45) is -3.95. The number of thiophene rings is 1. The van der Waals surface area contributed by atoms with E-state index in [1.54, 1.807) is 6.07 Å². The summed E-state index contributed by atoms with van der Waals surface area (Å²) >= 11 is 1.07. The monoisotopic (exact) mass is 392 g/mol. The van der Waals surface area contributed by atoms with Crippen molar-refractivity contribution in [3.63, 3.8) is 0 Å². The largest absolute Gasteiger partial charge is 0.418 e. The Hall–Kier alpha value is -1.91. The first kappa shape index (κ1) is 19.4. The molecule has 2 N–H and O–H groups in total. The fraction of sp³-hybridized carbons (Fsp3) is 0.267. The molecule has 2 rings (SSSR count). The van der Waals surface area contributed by atoms with Crippen LogP contribution in [0.2, 0.25) is 0 Å². The van der Waals surface area contributed by atoms with Gasteiger partial charge in [0.2, 0.25) is 5.91 Å². The minimum atomic E-state index is -4.63. The normalized spacial score (nSPS) is 12.2. The number of alkyl halides is 3. The van der Waals surface area contributed by atoms with Gasteiger partial charge in [-0.3, -0.25) is 4.79 Å². The van der Waals surface area contributed by atoms with Crippen LogP contribution in [-0.2, 0) is 27.4 Å². The van der Waals surface area contributed by atoms with Crippen LogP contribution in [0.15, 0.2) is 40.6 Å². The minimum Gasteiger partial charge on any atom is -0.324 e. The maximum absolute atomic E-state index is 12.9. The summed E-state index contributed by atoms with van der Waals surface area (Å²) in [6.45, 7) is 1.20. The number of hydrogen-bond donors (Lipinski definition) is 2. The second kappa shape index (κ2) is 7.54. The number of halogens is 3. The zero-order chi connectivity index (χ0) is 18.7. The summed E-state index contributed by atoms with van der Waals surface area (Å²) < 4.78 is 64.9. The van der Waals surface area contributed by atoms with Gasteiger partial charge in [0.25, 0.3) is 10.0 Å². The quantitative estimate of drug-likeness (QED) is 0.793. The number of rotatable bonds is 6. The highest BCUT2D eigenvalue weighted by molar-refractivity contribution is 7.91. The van der Waals surface area contributed by atoms with Crippen molar-refractivity contribution in [3.05, 3.63) is 46.8 Å². The van der Waals surface area contributed by atoms with Crippen LogP contribution in [0.25, 0.3) is 0 Å². The molecule has 0 aliphatic carbocycles. The van der Waals surface area contributed by atoms with E-state index in [-0.39, 0.29) is 4.21 Å². The predicted octanol–water partition coefficient (Wildman–Crippen LogP) is 3.25. The van der Waals surface area contributed by atoms with Crippen molar-refractivity contribution >= 4 is 33.0 Å². The van der Waals surface area contributed by atoms with Gasteiger partial charge in [-0.25, -0.2) is 13.1 Å². The summed E-state index contributed by atoms with van der Waals surface area (Å²) in [6, 6.07) is 7.55. The molecule has 25 heavy (non-hydrogen) atoms. The average Bonchev–Trinajstić information content (AvgIpc) is 3.02. The Morgan fingerprint density at radius 1 is 1.16 bits per heavy atom. The molecule has 0 spiro atoms. The van der Waals surface area contributed by atoms with E-state index in [9.17, 15) is 26.4 Å². The third-order valence-electron chi connectivity index (χ3n) is 3.18. The van der Waals surface area contributed by atoms with E-state index < -0.39 is 39.9 Å². The van der Waals surface area contributed by atoms with Crippen molar-refractivity contribution in [2.24, 2.45) is 0 Å². The Bertz CT molecular complexity index is 861. The average molecular weight is 392 g/mol. The maximum atomic E-state index is 12.9. The highest BCUT2D eigenvalue weighted by Crippen LogP contribution is 2.34. The van der Waals surface area contributed by atoms with E-state index >= 15 is 0 Å². The summed E-state index contributed by atoms with van der Waals surface area (Å²) in [5.74, 6) is -0.896. The van der Waals surface area contributed by atoms with E-state index in [0.29, 0.717) is 6.42 Å². The maximum Gasteiger partial charge on any atom is 0.418 e. The first-order valence-corrected chi connectivity index (χ1v) is 9.48. The third kappa shape index (κ3) is 5.03. The Morgan fingerprint density at radius 3 is 2.44 bits per heavy atom. The molecular formula is C15H15F3N2O3S2. The number of para-hydroxylation sites is 1. The van der Waals surface area contributed by atoms with Crippen LogP contribution in [0.4, 0.5) is 18.9 Å². The van der Waals surface area contributed by atoms with Crippen molar-refractivity contribution in [3.8, 4) is 0 Å². The molecule has 0 fully saturated rings. The lowest BCUT2D eigenvalue weighted by Gasteiger charge is -2.13. The third-order valence-corrected chi connectivity index (χ3v) is 6.30. The summed E-state index contributed by atoms with van der Waals surface area (Å²) in [7, 11) is -3.89. The van der Waals surface area contributed by atoms with Gasteiger partial charge in [0, 0.05) is 4.88 Å². The van der Waals surface area contributed by atoms with Crippen molar-refractivity contribution in [1.82, 2.24) is 4.72 Å². The Balaban J connectivity index is 2.04. The standard InChI is InChI=1S/C15H15F3N2O3S2/c1-2-10-7-8-14(24-10)25(22,23)19-9-13(21)20-12-6-4-3-5-11(12)15(16,17)18/h3-8,19H,2,9H2,1H3,(H,20,21). The fourth-order valence-electron chi connectivity index (χ4n) is 1.96. The predicted molar refractivity (Wildman–Crippen MR) is 89.0 cm³/mol. The van der Waals surface area contributed by atoms with E-state index in [1.165, 1.54) is 18.2 Å². The Labute approximate surface area is 146 Å². The number of carbonyl (C=O) groups is 1. The molecule has 10 heteroatoms. The van der Waals surface area contributed by atoms with Crippen molar-refractivity contribution in [1.29, 1.82) is 0 Å². The van der Waals surface area contributed by atoms with Crippen LogP contribution in [0.1, 0.15) is 17.4 Å². The molecule has 0 atom stereocenters. The van der Waals surface area contributed by atoms with Gasteiger partial charge in [0.15, 0.2) is 0 Å². The molecule has 0 aliphatic rings. The molecule has 136 valence electrons. The lowest BCUT2D eigenvalue weighted by molar-refractivity contribution is -0.137. The Kier molecular flexibility index (Phi) is 5.86. The summed E-state index contributed by atoms with van der Waals surface area (Å²) in [5, 5.41) is 2.08. The van der Waals surface area contributed by atoms with Gasteiger partial charge in [-0.2, -0.15) is 13.2 Å². The molecule has 1 heterocycles. The minimum absolute atomic E-state index is 0.0489. The number of anilines is 1. The van der Waals surface area contributed by atoms with Crippen molar-refractivity contribution in [2.45, 2.75) is 23.7 Å². The summed E-state index contributed by atoms with van der Waals surface area (Å²) in [4.78, 5) is 12.7. The summed E-state index contributed by atoms with van der Waals surface area (Å²) in [5.41, 5.74) is -1.43. The lowest BCUT2D eigenvalue weighted by Crippen LogP contribution is -2.33. The van der Waals surface area contributed by atoms with Gasteiger partial charge in [-0.1, -0.05) is 19.1 Å². The molecule has 1 amide bonds. The van der Waals surface area contributed by atoms with Gasteiger partial charge in [-0.15, -0.1) is 11.3 Å². The highest BCUT2D eigenvalue weighted by Gasteiger charge is 2.33. The van der Waals surface area contributed by atoms with Crippen molar-refractivity contribution < 1.29 is 26.4 Å². The van der Waals surface area contributed by atoms with Gasteiger partial charge in [-0.05, 0) is 30.7 Å². The number of amides is 1. The molecule has 2 aromatic rings. The van der Waals surface area contributed by atoms with Crippen molar-refractivity contribution in [2.75, 3.05) is 11.9 Å². The number of hydrogen-bond acceptors (Lipinski definition) is 4. The van der Waals surface area contributed by atoms with Crippen LogP contribution in [0, 0.1) is 0 Å². The molecule has 5 nitrogen and oxygen atoms in total. The molecule has 0 unspecified atom stereocenters. The van der Waals surface area contributed by atoms with Gasteiger partial charge in [0.1, 0.15) is 4.21 Å². The molecule has 0 saturated carbocycles. The number of sulfonamides is 1. The first-order valence-electron chi connectivity index (χ1n) is 7.18. The van der Waals surface area contributed by atoms with Crippen LogP contribution in [0.5, 0.6) is 0 Å². The van der Waals surface area contributed by atoms with Crippen LogP contribution in [-0.4, -0.2) is 20.9 Å². The van der Waals surface area contributed by atoms with Crippen LogP contribution >= 0.6 is 11.3 Å². The van der Waals surface area contributed by atoms with E-state index in [0.717, 1.165) is 28.3 Å². The highest BCUT2D eigenvalue weighted by atomic mass is 32.2. The molecule has 1 aromatic carbocycles. The van der Waals surface area contributed by atoms with Crippen LogP contribution < -0.4 is 10.0 Å². The molecule has 0 saturated heterocycles. The smallest absolute Gasteiger partial charge is 0.324 e. The topological polar surface area (TPSA) is 75.3 Å².